The van der Waals surface area contributed by atoms with Crippen molar-refractivity contribution >= 4 is 22.9 Å². The number of hydrogen-bond donors (Lipinski definition) is 1. The molecule has 1 aromatic heterocycles. The topological polar surface area (TPSA) is 37.8 Å². The molecule has 0 saturated carbocycles. The highest BCUT2D eigenvalue weighted by Gasteiger charge is 2.09. The van der Waals surface area contributed by atoms with Crippen LogP contribution in [0, 0.1) is 6.92 Å². The largest absolute Gasteiger partial charge is 0.319 e. The van der Waals surface area contributed by atoms with E-state index in [0.717, 1.165) is 33.6 Å². The lowest BCUT2D eigenvalue weighted by Crippen LogP contribution is -2.09. The van der Waals surface area contributed by atoms with Crippen LogP contribution in [0.1, 0.15) is 10.6 Å². The molecule has 0 unspecified atom stereocenters. The van der Waals surface area contributed by atoms with Crippen molar-refractivity contribution in [2.75, 3.05) is 13.6 Å². The molecule has 90 valence electrons. The second kappa shape index (κ2) is 5.58. The van der Waals surface area contributed by atoms with Gasteiger partial charge in [0.25, 0.3) is 0 Å². The molecular weight excluding hydrogens is 254 g/mol. The fourth-order valence-electron chi connectivity index (χ4n) is 1.52. The second-order valence-corrected chi connectivity index (χ2v) is 5.31. The van der Waals surface area contributed by atoms with Gasteiger partial charge >= 0.3 is 0 Å². The molecule has 0 fully saturated rings. The molecule has 0 aliphatic rings. The minimum Gasteiger partial charge on any atom is -0.319 e. The summed E-state index contributed by atoms with van der Waals surface area (Å²) in [6.45, 7) is 2.98. The fourth-order valence-corrected chi connectivity index (χ4v) is 2.61. The smallest absolute Gasteiger partial charge is 0.148 e. The number of likely N-dealkylation sites (N-methyl/N-ethyl adjacent to an activating group) is 1. The highest BCUT2D eigenvalue weighted by Crippen LogP contribution is 2.29. The number of aromatic nitrogens is 2. The lowest BCUT2D eigenvalue weighted by Gasteiger charge is -2.01. The molecule has 2 rings (SSSR count). The predicted octanol–water partition coefficient (Wildman–Crippen LogP) is 2.93. The maximum absolute atomic E-state index is 6.00. The van der Waals surface area contributed by atoms with Crippen LogP contribution in [0.2, 0.25) is 5.02 Å². The molecule has 17 heavy (non-hydrogen) atoms. The van der Waals surface area contributed by atoms with E-state index in [1.54, 1.807) is 11.3 Å². The minimum absolute atomic E-state index is 0.734. The Morgan fingerprint density at radius 3 is 2.94 bits per heavy atom. The fraction of sp³-hybridized carbons (Fsp3) is 0.333. The van der Waals surface area contributed by atoms with E-state index in [9.17, 15) is 0 Å². The molecule has 1 N–H and O–H groups in total. The van der Waals surface area contributed by atoms with Crippen LogP contribution >= 0.6 is 22.9 Å². The summed E-state index contributed by atoms with van der Waals surface area (Å²) in [6.07, 6.45) is 0.910. The summed E-state index contributed by atoms with van der Waals surface area (Å²) < 4.78 is 0. The third-order valence-corrected chi connectivity index (χ3v) is 3.74. The van der Waals surface area contributed by atoms with Crippen LogP contribution < -0.4 is 5.32 Å². The summed E-state index contributed by atoms with van der Waals surface area (Å²) in [7, 11) is 1.93. The summed E-state index contributed by atoms with van der Waals surface area (Å²) >= 11 is 7.63. The molecule has 5 heteroatoms. The molecule has 0 spiro atoms. The standard InChI is InChI=1S/C12H14ClN3S/c1-8-3-4-9(13)7-10(8)12-16-15-11(17-12)5-6-14-2/h3-4,7,14H,5-6H2,1-2H3. The number of aryl methyl sites for hydroxylation is 1. The van der Waals surface area contributed by atoms with Crippen LogP contribution in [0.5, 0.6) is 0 Å². The van der Waals surface area contributed by atoms with Gasteiger partial charge in [0.2, 0.25) is 0 Å². The first-order valence-electron chi connectivity index (χ1n) is 5.44. The molecule has 1 heterocycles. The van der Waals surface area contributed by atoms with Gasteiger partial charge in [-0.25, -0.2) is 0 Å². The molecule has 0 aliphatic carbocycles. The third-order valence-electron chi connectivity index (χ3n) is 2.49. The first kappa shape index (κ1) is 12.5. The summed E-state index contributed by atoms with van der Waals surface area (Å²) in [6, 6.07) is 5.84. The van der Waals surface area contributed by atoms with E-state index >= 15 is 0 Å². The Morgan fingerprint density at radius 2 is 2.18 bits per heavy atom. The highest BCUT2D eigenvalue weighted by molar-refractivity contribution is 7.14. The average molecular weight is 268 g/mol. The van der Waals surface area contributed by atoms with Crippen molar-refractivity contribution in [3.05, 3.63) is 33.8 Å². The highest BCUT2D eigenvalue weighted by atomic mass is 35.5. The molecular formula is C12H14ClN3S. The summed E-state index contributed by atoms with van der Waals surface area (Å²) in [4.78, 5) is 0. The van der Waals surface area contributed by atoms with E-state index in [-0.39, 0.29) is 0 Å². The van der Waals surface area contributed by atoms with Gasteiger partial charge in [0.05, 0.1) is 0 Å². The van der Waals surface area contributed by atoms with E-state index in [1.165, 1.54) is 5.56 Å². The SMILES string of the molecule is CNCCc1nnc(-c2cc(Cl)ccc2C)s1. The van der Waals surface area contributed by atoms with Crippen LogP contribution in [-0.2, 0) is 6.42 Å². The zero-order chi connectivity index (χ0) is 12.3. The number of halogens is 1. The van der Waals surface area contributed by atoms with Crippen molar-refractivity contribution < 1.29 is 0 Å². The van der Waals surface area contributed by atoms with E-state index in [1.807, 2.05) is 25.2 Å². The molecule has 0 aliphatic heterocycles. The van der Waals surface area contributed by atoms with Crippen LogP contribution in [0.25, 0.3) is 10.6 Å². The van der Waals surface area contributed by atoms with Crippen LogP contribution in [-0.4, -0.2) is 23.8 Å². The Hall–Kier alpha value is -0.970. The monoisotopic (exact) mass is 267 g/mol. The van der Waals surface area contributed by atoms with E-state index < -0.39 is 0 Å². The quantitative estimate of drug-likeness (QED) is 0.926. The van der Waals surface area contributed by atoms with Gasteiger partial charge in [0.15, 0.2) is 0 Å². The van der Waals surface area contributed by atoms with Gasteiger partial charge in [-0.05, 0) is 31.7 Å². The molecule has 0 saturated heterocycles. The number of benzene rings is 1. The van der Waals surface area contributed by atoms with Gasteiger partial charge in [0.1, 0.15) is 10.0 Å². The molecule has 1 aromatic carbocycles. The van der Waals surface area contributed by atoms with Crippen molar-refractivity contribution in [2.24, 2.45) is 0 Å². The van der Waals surface area contributed by atoms with Crippen molar-refractivity contribution in [3.63, 3.8) is 0 Å². The normalized spacial score (nSPS) is 10.8. The molecule has 0 atom stereocenters. The number of hydrogen-bond acceptors (Lipinski definition) is 4. The van der Waals surface area contributed by atoms with Crippen molar-refractivity contribution in [1.29, 1.82) is 0 Å². The van der Waals surface area contributed by atoms with Gasteiger partial charge in [-0.15, -0.1) is 10.2 Å². The van der Waals surface area contributed by atoms with Gasteiger partial charge in [-0.1, -0.05) is 29.0 Å². The first-order valence-corrected chi connectivity index (χ1v) is 6.63. The van der Waals surface area contributed by atoms with Crippen molar-refractivity contribution in [1.82, 2.24) is 15.5 Å². The Morgan fingerprint density at radius 1 is 1.35 bits per heavy atom. The molecule has 0 bridgehead atoms. The van der Waals surface area contributed by atoms with Crippen molar-refractivity contribution in [3.8, 4) is 10.6 Å². The molecule has 2 aromatic rings. The number of rotatable bonds is 4. The predicted molar refractivity (Wildman–Crippen MR) is 72.7 cm³/mol. The lowest BCUT2D eigenvalue weighted by molar-refractivity contribution is 0.779. The number of nitrogens with one attached hydrogen (secondary N) is 1. The van der Waals surface area contributed by atoms with E-state index in [4.69, 9.17) is 11.6 Å². The Balaban J connectivity index is 2.27. The van der Waals surface area contributed by atoms with Crippen molar-refractivity contribution in [2.45, 2.75) is 13.3 Å². The minimum atomic E-state index is 0.734. The maximum atomic E-state index is 6.00. The van der Waals surface area contributed by atoms with E-state index in [0.29, 0.717) is 0 Å². The van der Waals surface area contributed by atoms with Crippen LogP contribution in [0.3, 0.4) is 0 Å². The molecule has 0 amide bonds. The van der Waals surface area contributed by atoms with Gasteiger partial charge in [-0.2, -0.15) is 0 Å². The van der Waals surface area contributed by atoms with Gasteiger partial charge in [-0.3, -0.25) is 0 Å². The summed E-state index contributed by atoms with van der Waals surface area (Å²) in [5, 5.41) is 14.2. The Bertz CT molecular complexity index is 510. The Kier molecular flexibility index (Phi) is 4.10. The average Bonchev–Trinajstić information content (AvgIpc) is 2.78. The van der Waals surface area contributed by atoms with Gasteiger partial charge < -0.3 is 5.32 Å². The van der Waals surface area contributed by atoms with E-state index in [2.05, 4.69) is 22.4 Å². The third kappa shape index (κ3) is 3.03. The van der Waals surface area contributed by atoms with Crippen LogP contribution in [0.4, 0.5) is 0 Å². The first-order chi connectivity index (χ1) is 8.20. The summed E-state index contributed by atoms with van der Waals surface area (Å²) in [5.74, 6) is 0. The van der Waals surface area contributed by atoms with Gasteiger partial charge in [0, 0.05) is 23.6 Å². The Labute approximate surface area is 110 Å². The molecule has 0 radical (unpaired) electrons. The number of nitrogens with zero attached hydrogens (tertiary/aromatic N) is 2. The lowest BCUT2D eigenvalue weighted by atomic mass is 10.1. The summed E-state index contributed by atoms with van der Waals surface area (Å²) in [5.41, 5.74) is 2.25. The molecule has 3 nitrogen and oxygen atoms in total. The zero-order valence-electron chi connectivity index (χ0n) is 9.83. The van der Waals surface area contributed by atoms with Crippen LogP contribution in [0.15, 0.2) is 18.2 Å². The zero-order valence-corrected chi connectivity index (χ0v) is 11.4. The maximum Gasteiger partial charge on any atom is 0.148 e. The second-order valence-electron chi connectivity index (χ2n) is 3.81.